The fourth-order valence-corrected chi connectivity index (χ4v) is 4.19. The number of aliphatic hydroxyl groups excluding tert-OH is 4. The molecule has 0 heterocycles. The second-order valence-corrected chi connectivity index (χ2v) is 10.0. The fourth-order valence-electron chi connectivity index (χ4n) is 4.19. The molecule has 156 valence electrons. The number of hydrogen-bond donors (Lipinski definition) is 5. The number of rotatable bonds is 8. The van der Waals surface area contributed by atoms with Crippen molar-refractivity contribution in [3.05, 3.63) is 0 Å². The molecule has 7 unspecified atom stereocenters. The van der Waals surface area contributed by atoms with Crippen LogP contribution in [0.3, 0.4) is 0 Å². The van der Waals surface area contributed by atoms with Gasteiger partial charge in [-0.2, -0.15) is 0 Å². The molecule has 0 aromatic rings. The maximum Gasteiger partial charge on any atom is 0.117 e. The van der Waals surface area contributed by atoms with Crippen molar-refractivity contribution in [1.29, 1.82) is 0 Å². The minimum atomic E-state index is -1.71. The minimum Gasteiger partial charge on any atom is -0.393 e. The van der Waals surface area contributed by atoms with E-state index >= 15 is 0 Å². The van der Waals surface area contributed by atoms with E-state index in [-0.39, 0.29) is 11.8 Å². The molecule has 7 atom stereocenters. The lowest BCUT2D eigenvalue weighted by atomic mass is 9.61. The van der Waals surface area contributed by atoms with Gasteiger partial charge < -0.3 is 25.5 Å². The molecule has 5 N–H and O–H groups in total. The van der Waals surface area contributed by atoms with Crippen LogP contribution in [0, 0.1) is 23.2 Å². The maximum atomic E-state index is 11.3. The second kappa shape index (κ2) is 9.33. The van der Waals surface area contributed by atoms with E-state index in [2.05, 4.69) is 13.8 Å². The first kappa shape index (κ1) is 23.8. The molecular weight excluding hydrogens is 332 g/mol. The van der Waals surface area contributed by atoms with E-state index in [0.29, 0.717) is 25.2 Å². The van der Waals surface area contributed by atoms with Crippen LogP contribution in [0.4, 0.5) is 0 Å². The normalized spacial score (nSPS) is 37.2. The Hall–Kier alpha value is -0.200. The molecule has 0 bridgehead atoms. The third-order valence-electron chi connectivity index (χ3n) is 6.01. The molecular formula is C21H42O5. The molecule has 0 amide bonds. The lowest BCUT2D eigenvalue weighted by Crippen LogP contribution is -2.68. The molecule has 0 aromatic carbocycles. The average Bonchev–Trinajstić information content (AvgIpc) is 2.50. The van der Waals surface area contributed by atoms with E-state index in [0.717, 1.165) is 12.8 Å². The monoisotopic (exact) mass is 374 g/mol. The highest BCUT2D eigenvalue weighted by Crippen LogP contribution is 2.45. The maximum absolute atomic E-state index is 11.3. The molecule has 0 aromatic heterocycles. The van der Waals surface area contributed by atoms with E-state index in [4.69, 9.17) is 0 Å². The Bertz CT molecular complexity index is 419. The SMILES string of the molecule is CCCC(O)C1C(O)C(CCC(C)C)C(O)C(O)(CCC(C)(C)C)C1O. The van der Waals surface area contributed by atoms with Crippen LogP contribution in [-0.2, 0) is 0 Å². The van der Waals surface area contributed by atoms with E-state index in [1.54, 1.807) is 0 Å². The van der Waals surface area contributed by atoms with Crippen molar-refractivity contribution < 1.29 is 25.5 Å². The highest BCUT2D eigenvalue weighted by Gasteiger charge is 2.58. The largest absolute Gasteiger partial charge is 0.393 e. The molecule has 5 nitrogen and oxygen atoms in total. The van der Waals surface area contributed by atoms with Crippen molar-refractivity contribution in [3.8, 4) is 0 Å². The van der Waals surface area contributed by atoms with Gasteiger partial charge in [0.25, 0.3) is 0 Å². The average molecular weight is 375 g/mol. The summed E-state index contributed by atoms with van der Waals surface area (Å²) in [5, 5.41) is 54.5. The van der Waals surface area contributed by atoms with E-state index in [9.17, 15) is 25.5 Å². The highest BCUT2D eigenvalue weighted by atomic mass is 16.4. The Morgan fingerprint density at radius 1 is 1.00 bits per heavy atom. The summed E-state index contributed by atoms with van der Waals surface area (Å²) in [6.45, 7) is 12.2. The summed E-state index contributed by atoms with van der Waals surface area (Å²) < 4.78 is 0. The molecule has 0 saturated heterocycles. The van der Waals surface area contributed by atoms with Crippen molar-refractivity contribution in [2.45, 2.75) is 110 Å². The van der Waals surface area contributed by atoms with Crippen molar-refractivity contribution >= 4 is 0 Å². The quantitative estimate of drug-likeness (QED) is 0.449. The van der Waals surface area contributed by atoms with Crippen LogP contribution in [0.25, 0.3) is 0 Å². The Labute approximate surface area is 159 Å². The molecule has 1 rings (SSSR count). The second-order valence-electron chi connectivity index (χ2n) is 10.0. The lowest BCUT2D eigenvalue weighted by molar-refractivity contribution is -0.256. The van der Waals surface area contributed by atoms with E-state index in [1.807, 2.05) is 27.7 Å². The number of hydrogen-bond acceptors (Lipinski definition) is 5. The third-order valence-corrected chi connectivity index (χ3v) is 6.01. The summed E-state index contributed by atoms with van der Waals surface area (Å²) in [5.41, 5.74) is -1.77. The van der Waals surface area contributed by atoms with Crippen molar-refractivity contribution in [1.82, 2.24) is 0 Å². The summed E-state index contributed by atoms with van der Waals surface area (Å²) in [4.78, 5) is 0. The van der Waals surface area contributed by atoms with Gasteiger partial charge in [-0.1, -0.05) is 54.4 Å². The molecule has 0 aliphatic heterocycles. The topological polar surface area (TPSA) is 101 Å². The van der Waals surface area contributed by atoms with Gasteiger partial charge in [-0.25, -0.2) is 0 Å². The summed E-state index contributed by atoms with van der Waals surface area (Å²) >= 11 is 0. The lowest BCUT2D eigenvalue weighted by Gasteiger charge is -2.53. The van der Waals surface area contributed by atoms with Gasteiger partial charge >= 0.3 is 0 Å². The predicted octanol–water partition coefficient (Wildman–Crippen LogP) is 2.47. The van der Waals surface area contributed by atoms with E-state index < -0.39 is 41.9 Å². The summed E-state index contributed by atoms with van der Waals surface area (Å²) in [5.74, 6) is -0.995. The fraction of sp³-hybridized carbons (Fsp3) is 1.00. The van der Waals surface area contributed by atoms with Gasteiger partial charge in [0.05, 0.1) is 24.4 Å². The van der Waals surface area contributed by atoms with Crippen molar-refractivity contribution in [2.75, 3.05) is 0 Å². The molecule has 0 spiro atoms. The van der Waals surface area contributed by atoms with E-state index in [1.165, 1.54) is 0 Å². The van der Waals surface area contributed by atoms with Crippen LogP contribution in [0.15, 0.2) is 0 Å². The molecule has 5 heteroatoms. The van der Waals surface area contributed by atoms with Gasteiger partial charge in [-0.15, -0.1) is 0 Å². The van der Waals surface area contributed by atoms with Crippen LogP contribution >= 0.6 is 0 Å². The summed E-state index contributed by atoms with van der Waals surface area (Å²) in [7, 11) is 0. The van der Waals surface area contributed by atoms with Crippen LogP contribution in [-0.4, -0.2) is 55.5 Å². The summed E-state index contributed by atoms with van der Waals surface area (Å²) in [6.07, 6.45) is -1.11. The van der Waals surface area contributed by atoms with Gasteiger partial charge in [0.1, 0.15) is 5.60 Å². The van der Waals surface area contributed by atoms with Crippen LogP contribution in [0.5, 0.6) is 0 Å². The number of aliphatic hydroxyl groups is 5. The van der Waals surface area contributed by atoms with Crippen LogP contribution < -0.4 is 0 Å². The zero-order chi connectivity index (χ0) is 20.3. The first-order chi connectivity index (χ1) is 11.8. The Morgan fingerprint density at radius 2 is 1.58 bits per heavy atom. The van der Waals surface area contributed by atoms with Gasteiger partial charge in [-0.3, -0.25) is 0 Å². The smallest absolute Gasteiger partial charge is 0.117 e. The van der Waals surface area contributed by atoms with Crippen LogP contribution in [0.2, 0.25) is 0 Å². The van der Waals surface area contributed by atoms with Crippen molar-refractivity contribution in [3.63, 3.8) is 0 Å². The highest BCUT2D eigenvalue weighted by molar-refractivity contribution is 5.09. The van der Waals surface area contributed by atoms with Crippen molar-refractivity contribution in [2.24, 2.45) is 23.2 Å². The molecule has 1 saturated carbocycles. The first-order valence-electron chi connectivity index (χ1n) is 10.3. The molecule has 1 aliphatic carbocycles. The first-order valence-corrected chi connectivity index (χ1v) is 10.3. The molecule has 0 radical (unpaired) electrons. The van der Waals surface area contributed by atoms with Gasteiger partial charge in [0, 0.05) is 11.8 Å². The minimum absolute atomic E-state index is 0.0593. The zero-order valence-corrected chi connectivity index (χ0v) is 17.5. The Morgan fingerprint density at radius 3 is 2.04 bits per heavy atom. The summed E-state index contributed by atoms with van der Waals surface area (Å²) in [6, 6.07) is 0. The van der Waals surface area contributed by atoms with Gasteiger partial charge in [0.15, 0.2) is 0 Å². The third kappa shape index (κ3) is 5.65. The standard InChI is InChI=1S/C21H42O5/c1-7-8-15(22)16-17(23)14(10-9-13(2)3)18(24)21(26,19(16)25)12-11-20(4,5)6/h13-19,22-26H,7-12H2,1-6H3. The molecule has 1 aliphatic rings. The predicted molar refractivity (Wildman–Crippen MR) is 104 cm³/mol. The Kier molecular flexibility index (Phi) is 8.56. The van der Waals surface area contributed by atoms with Gasteiger partial charge in [0.2, 0.25) is 0 Å². The zero-order valence-electron chi connectivity index (χ0n) is 17.5. The Balaban J connectivity index is 3.16. The van der Waals surface area contributed by atoms with Crippen LogP contribution in [0.1, 0.15) is 80.1 Å². The van der Waals surface area contributed by atoms with Gasteiger partial charge in [-0.05, 0) is 37.0 Å². The molecule has 26 heavy (non-hydrogen) atoms. The molecule has 1 fully saturated rings.